The molecule has 0 aliphatic rings. The summed E-state index contributed by atoms with van der Waals surface area (Å²) in [6.45, 7) is 3.47. The van der Waals surface area contributed by atoms with Gasteiger partial charge >= 0.3 is 0 Å². The minimum absolute atomic E-state index is 0.192. The van der Waals surface area contributed by atoms with Crippen molar-refractivity contribution in [3.05, 3.63) is 47.3 Å². The topological polar surface area (TPSA) is 55.1 Å². The quantitative estimate of drug-likeness (QED) is 0.839. The van der Waals surface area contributed by atoms with Crippen LogP contribution in [0.15, 0.2) is 34.9 Å². The van der Waals surface area contributed by atoms with Gasteiger partial charge in [-0.05, 0) is 26.0 Å². The molecule has 1 aromatic heterocycles. The number of para-hydroxylation sites is 1. The highest BCUT2D eigenvalue weighted by atomic mass is 16.5. The average molecular weight is 216 g/mol. The first-order valence-corrected chi connectivity index (χ1v) is 4.98. The van der Waals surface area contributed by atoms with Crippen LogP contribution >= 0.6 is 0 Å². The van der Waals surface area contributed by atoms with Crippen molar-refractivity contribution in [3.63, 3.8) is 0 Å². The van der Waals surface area contributed by atoms with Crippen molar-refractivity contribution in [2.45, 2.75) is 13.8 Å². The Morgan fingerprint density at radius 3 is 2.50 bits per heavy atom. The third-order valence-electron chi connectivity index (χ3n) is 2.29. The number of anilines is 1. The number of nitrogens with zero attached hydrogens (tertiary/aromatic N) is 1. The van der Waals surface area contributed by atoms with Crippen molar-refractivity contribution in [2.75, 3.05) is 5.32 Å². The van der Waals surface area contributed by atoms with Crippen LogP contribution in [0.25, 0.3) is 0 Å². The van der Waals surface area contributed by atoms with Crippen molar-refractivity contribution in [1.82, 2.24) is 5.16 Å². The highest BCUT2D eigenvalue weighted by molar-refractivity contribution is 6.05. The highest BCUT2D eigenvalue weighted by Gasteiger charge is 2.17. The van der Waals surface area contributed by atoms with Crippen LogP contribution in [0.3, 0.4) is 0 Å². The number of carbonyl (C=O) groups excluding carboxylic acids is 1. The minimum Gasteiger partial charge on any atom is -0.361 e. The normalized spacial score (nSPS) is 10.1. The highest BCUT2D eigenvalue weighted by Crippen LogP contribution is 2.15. The lowest BCUT2D eigenvalue weighted by Gasteiger charge is -2.03. The number of nitrogens with one attached hydrogen (secondary N) is 1. The van der Waals surface area contributed by atoms with Gasteiger partial charge in [0, 0.05) is 5.69 Å². The van der Waals surface area contributed by atoms with Crippen LogP contribution in [0.1, 0.15) is 21.8 Å². The van der Waals surface area contributed by atoms with Crippen molar-refractivity contribution < 1.29 is 9.32 Å². The van der Waals surface area contributed by atoms with Crippen molar-refractivity contribution in [2.24, 2.45) is 0 Å². The largest absolute Gasteiger partial charge is 0.361 e. The summed E-state index contributed by atoms with van der Waals surface area (Å²) in [5.41, 5.74) is 1.86. The van der Waals surface area contributed by atoms with E-state index in [1.165, 1.54) is 0 Å². The first-order valence-electron chi connectivity index (χ1n) is 4.98. The summed E-state index contributed by atoms with van der Waals surface area (Å²) in [4.78, 5) is 11.9. The van der Waals surface area contributed by atoms with Crippen LogP contribution in [-0.4, -0.2) is 11.1 Å². The third-order valence-corrected chi connectivity index (χ3v) is 2.29. The molecule has 1 amide bonds. The molecule has 0 atom stereocenters. The van der Waals surface area contributed by atoms with E-state index in [4.69, 9.17) is 4.52 Å². The summed E-state index contributed by atoms with van der Waals surface area (Å²) in [5.74, 6) is 0.341. The molecular formula is C12H12N2O2. The number of rotatable bonds is 2. The standard InChI is InChI=1S/C12H12N2O2/c1-8-11(9(2)16-14-8)12(15)13-10-6-4-3-5-7-10/h3-7H,1-2H3,(H,13,15). The summed E-state index contributed by atoms with van der Waals surface area (Å²) >= 11 is 0. The van der Waals surface area contributed by atoms with Crippen LogP contribution in [-0.2, 0) is 0 Å². The fourth-order valence-corrected chi connectivity index (χ4v) is 1.52. The second-order valence-electron chi connectivity index (χ2n) is 3.52. The van der Waals surface area contributed by atoms with E-state index < -0.39 is 0 Å². The number of carbonyl (C=O) groups is 1. The van der Waals surface area contributed by atoms with E-state index >= 15 is 0 Å². The maximum atomic E-state index is 11.9. The molecule has 82 valence electrons. The predicted molar refractivity (Wildman–Crippen MR) is 60.4 cm³/mol. The summed E-state index contributed by atoms with van der Waals surface area (Å²) in [5, 5.41) is 6.53. The molecule has 0 fully saturated rings. The van der Waals surface area contributed by atoms with Crippen molar-refractivity contribution >= 4 is 11.6 Å². The van der Waals surface area contributed by atoms with Gasteiger partial charge < -0.3 is 9.84 Å². The zero-order valence-electron chi connectivity index (χ0n) is 9.15. The molecule has 0 saturated heterocycles. The van der Waals surface area contributed by atoms with Crippen molar-refractivity contribution in [1.29, 1.82) is 0 Å². The lowest BCUT2D eigenvalue weighted by molar-refractivity contribution is 0.102. The molecule has 16 heavy (non-hydrogen) atoms. The van der Waals surface area contributed by atoms with E-state index in [2.05, 4.69) is 10.5 Å². The zero-order chi connectivity index (χ0) is 11.5. The van der Waals surface area contributed by atoms with Gasteiger partial charge in [0.25, 0.3) is 5.91 Å². The van der Waals surface area contributed by atoms with Crippen LogP contribution < -0.4 is 5.32 Å². The Labute approximate surface area is 93.3 Å². The molecule has 2 aromatic rings. The van der Waals surface area contributed by atoms with E-state index in [1.807, 2.05) is 30.3 Å². The van der Waals surface area contributed by atoms with Crippen LogP contribution in [0.2, 0.25) is 0 Å². The van der Waals surface area contributed by atoms with E-state index in [1.54, 1.807) is 13.8 Å². The fraction of sp³-hybridized carbons (Fsp3) is 0.167. The molecule has 4 heteroatoms. The number of aryl methyl sites for hydroxylation is 2. The lowest BCUT2D eigenvalue weighted by atomic mass is 10.2. The van der Waals surface area contributed by atoms with Gasteiger partial charge in [0.05, 0.1) is 5.69 Å². The molecule has 0 bridgehead atoms. The summed E-state index contributed by atoms with van der Waals surface area (Å²) < 4.78 is 4.94. The fourth-order valence-electron chi connectivity index (χ4n) is 1.52. The Hall–Kier alpha value is -2.10. The second kappa shape index (κ2) is 4.18. The number of hydrogen-bond donors (Lipinski definition) is 1. The first kappa shape index (κ1) is 10.4. The molecule has 1 N–H and O–H groups in total. The molecular weight excluding hydrogens is 204 g/mol. The van der Waals surface area contributed by atoms with Gasteiger partial charge in [0.1, 0.15) is 11.3 Å². The van der Waals surface area contributed by atoms with Gasteiger partial charge in [-0.25, -0.2) is 0 Å². The maximum Gasteiger partial charge on any atom is 0.261 e. The summed E-state index contributed by atoms with van der Waals surface area (Å²) in [6.07, 6.45) is 0. The van der Waals surface area contributed by atoms with Crippen LogP contribution in [0, 0.1) is 13.8 Å². The first-order chi connectivity index (χ1) is 7.68. The molecule has 0 spiro atoms. The molecule has 0 aliphatic carbocycles. The van der Waals surface area contributed by atoms with E-state index in [9.17, 15) is 4.79 Å². The van der Waals surface area contributed by atoms with Gasteiger partial charge in [-0.2, -0.15) is 0 Å². The molecule has 4 nitrogen and oxygen atoms in total. The number of benzene rings is 1. The minimum atomic E-state index is -0.192. The molecule has 2 rings (SSSR count). The zero-order valence-corrected chi connectivity index (χ0v) is 9.15. The van der Waals surface area contributed by atoms with Gasteiger partial charge in [0.2, 0.25) is 0 Å². The lowest BCUT2D eigenvalue weighted by Crippen LogP contribution is -2.13. The number of hydrogen-bond acceptors (Lipinski definition) is 3. The SMILES string of the molecule is Cc1noc(C)c1C(=O)Nc1ccccc1. The molecule has 0 aliphatic heterocycles. The van der Waals surface area contributed by atoms with Gasteiger partial charge in [0.15, 0.2) is 0 Å². The van der Waals surface area contributed by atoms with E-state index in [0.29, 0.717) is 17.0 Å². The molecule has 0 radical (unpaired) electrons. The Morgan fingerprint density at radius 1 is 1.25 bits per heavy atom. The van der Waals surface area contributed by atoms with Crippen LogP contribution in [0.5, 0.6) is 0 Å². The predicted octanol–water partition coefficient (Wildman–Crippen LogP) is 2.54. The molecule has 1 heterocycles. The number of aromatic nitrogens is 1. The van der Waals surface area contributed by atoms with Crippen LogP contribution in [0.4, 0.5) is 5.69 Å². The van der Waals surface area contributed by atoms with Gasteiger partial charge in [-0.3, -0.25) is 4.79 Å². The Morgan fingerprint density at radius 2 is 1.94 bits per heavy atom. The monoisotopic (exact) mass is 216 g/mol. The van der Waals surface area contributed by atoms with E-state index in [-0.39, 0.29) is 5.91 Å². The second-order valence-corrected chi connectivity index (χ2v) is 3.52. The Kier molecular flexibility index (Phi) is 2.72. The Bertz CT molecular complexity index is 483. The third kappa shape index (κ3) is 1.95. The van der Waals surface area contributed by atoms with E-state index in [0.717, 1.165) is 5.69 Å². The van der Waals surface area contributed by atoms with Gasteiger partial charge in [-0.1, -0.05) is 23.4 Å². The molecule has 0 unspecified atom stereocenters. The smallest absolute Gasteiger partial charge is 0.261 e. The van der Waals surface area contributed by atoms with Gasteiger partial charge in [-0.15, -0.1) is 0 Å². The summed E-state index contributed by atoms with van der Waals surface area (Å²) in [7, 11) is 0. The molecule has 1 aromatic carbocycles. The van der Waals surface area contributed by atoms with Crippen molar-refractivity contribution in [3.8, 4) is 0 Å². The Balaban J connectivity index is 2.22. The average Bonchev–Trinajstić information content (AvgIpc) is 2.60. The maximum absolute atomic E-state index is 11.9. The number of amides is 1. The molecule has 0 saturated carbocycles. The summed E-state index contributed by atoms with van der Waals surface area (Å²) in [6, 6.07) is 9.28.